The summed E-state index contributed by atoms with van der Waals surface area (Å²) >= 11 is 10.7. The van der Waals surface area contributed by atoms with Crippen LogP contribution >= 0.6 is 102 Å². The Morgan fingerprint density at radius 1 is 1.20 bits per heavy atom. The number of carbonyl (C=O) groups excluding carboxylic acids is 1. The number of nitrogens with zero attached hydrogens (tertiary/aromatic N) is 1. The van der Waals surface area contributed by atoms with Crippen LogP contribution in [-0.4, -0.2) is 28.3 Å². The van der Waals surface area contributed by atoms with E-state index in [9.17, 15) is 4.79 Å². The summed E-state index contributed by atoms with van der Waals surface area (Å²) in [5, 5.41) is 0.752. The third-order valence-electron chi connectivity index (χ3n) is 2.32. The number of esters is 1. The van der Waals surface area contributed by atoms with Crippen LogP contribution in [0.5, 0.6) is 0 Å². The number of H-pyrrole nitrogens is 1. The third kappa shape index (κ3) is 3.84. The lowest BCUT2D eigenvalue weighted by Gasteiger charge is -2.04. The molecule has 4 nitrogen and oxygen atoms in total. The Bertz CT molecular complexity index is 629. The van der Waals surface area contributed by atoms with Gasteiger partial charge in [-0.25, -0.2) is 4.98 Å². The fourth-order valence-electron chi connectivity index (χ4n) is 1.47. The fourth-order valence-corrected chi connectivity index (χ4v) is 5.56. The number of nitrogens with one attached hydrogen (secondary N) is 1. The van der Waals surface area contributed by atoms with E-state index in [1.54, 1.807) is 6.92 Å². The molecule has 108 valence electrons. The van der Waals surface area contributed by atoms with Gasteiger partial charge in [-0.3, -0.25) is 4.79 Å². The van der Waals surface area contributed by atoms with Crippen molar-refractivity contribution in [3.05, 3.63) is 14.3 Å². The quantitative estimate of drug-likeness (QED) is 0.164. The van der Waals surface area contributed by atoms with Gasteiger partial charge >= 0.3 is 5.97 Å². The molecule has 1 heterocycles. The number of benzene rings is 1. The normalized spacial score (nSPS) is 11.1. The second-order valence-corrected chi connectivity index (χ2v) is 8.89. The van der Waals surface area contributed by atoms with E-state index in [1.165, 1.54) is 22.5 Å². The lowest BCUT2D eigenvalue weighted by Crippen LogP contribution is -2.06. The molecule has 1 aromatic heterocycles. The average Bonchev–Trinajstić information content (AvgIpc) is 2.85. The monoisotopic (exact) mass is 740 g/mol. The molecule has 0 radical (unpaired) electrons. The van der Waals surface area contributed by atoms with Gasteiger partial charge in [0.2, 0.25) is 0 Å². The molecule has 0 fully saturated rings. The molecule has 0 saturated carbocycles. The number of imidazole rings is 1. The maximum atomic E-state index is 11.4. The van der Waals surface area contributed by atoms with Gasteiger partial charge in [-0.05, 0) is 97.3 Å². The fraction of sp³-hybridized carbons (Fsp3) is 0.273. The van der Waals surface area contributed by atoms with Crippen LogP contribution in [0.15, 0.2) is 5.16 Å². The Morgan fingerprint density at radius 2 is 1.85 bits per heavy atom. The van der Waals surface area contributed by atoms with Crippen LogP contribution in [0.1, 0.15) is 6.92 Å². The van der Waals surface area contributed by atoms with Crippen LogP contribution in [0, 0.1) is 14.3 Å². The van der Waals surface area contributed by atoms with Crippen molar-refractivity contribution in [3.63, 3.8) is 0 Å². The van der Waals surface area contributed by atoms with Crippen molar-refractivity contribution < 1.29 is 9.53 Å². The molecule has 2 rings (SSSR count). The standard InChI is InChI=1S/C11H8I4N2O2S/c1-2-19-4(18)3-20-11-16-9-7(14)5(12)6(13)8(15)10(9)17-11/h2-3H2,1H3,(H,16,17). The number of halogens is 4. The van der Waals surface area contributed by atoms with Crippen molar-refractivity contribution in [3.8, 4) is 0 Å². The lowest BCUT2D eigenvalue weighted by molar-refractivity contribution is -0.139. The highest BCUT2D eigenvalue weighted by Crippen LogP contribution is 2.34. The number of hydrogen-bond donors (Lipinski definition) is 1. The van der Waals surface area contributed by atoms with Gasteiger partial charge in [0.15, 0.2) is 5.16 Å². The number of carbonyl (C=O) groups is 1. The molecule has 0 saturated heterocycles. The maximum Gasteiger partial charge on any atom is 0.316 e. The largest absolute Gasteiger partial charge is 0.465 e. The highest BCUT2D eigenvalue weighted by Gasteiger charge is 2.17. The third-order valence-corrected chi connectivity index (χ3v) is 10.5. The van der Waals surface area contributed by atoms with Crippen LogP contribution in [0.25, 0.3) is 11.0 Å². The summed E-state index contributed by atoms with van der Waals surface area (Å²) in [6.45, 7) is 2.21. The summed E-state index contributed by atoms with van der Waals surface area (Å²) in [5.74, 6) is 0.0566. The Balaban J connectivity index is 2.32. The second-order valence-electron chi connectivity index (χ2n) is 3.62. The molecule has 0 aliphatic carbocycles. The molecule has 20 heavy (non-hydrogen) atoms. The summed E-state index contributed by atoms with van der Waals surface area (Å²) in [6, 6.07) is 0. The van der Waals surface area contributed by atoms with E-state index in [0.717, 1.165) is 19.8 Å². The van der Waals surface area contributed by atoms with Gasteiger partial charge in [0.25, 0.3) is 0 Å². The number of hydrogen-bond acceptors (Lipinski definition) is 4. The number of aromatic nitrogens is 2. The molecule has 1 aromatic carbocycles. The molecular formula is C11H8I4N2O2S. The Kier molecular flexibility index (Phi) is 6.94. The van der Waals surface area contributed by atoms with E-state index in [2.05, 4.69) is 100 Å². The zero-order chi connectivity index (χ0) is 14.9. The van der Waals surface area contributed by atoms with Gasteiger partial charge in [0.1, 0.15) is 5.52 Å². The van der Waals surface area contributed by atoms with E-state index in [-0.39, 0.29) is 11.7 Å². The van der Waals surface area contributed by atoms with Gasteiger partial charge in [-0.1, -0.05) is 11.8 Å². The topological polar surface area (TPSA) is 55.0 Å². The van der Waals surface area contributed by atoms with Gasteiger partial charge in [0.05, 0.1) is 25.0 Å². The highest BCUT2D eigenvalue weighted by atomic mass is 127. The zero-order valence-electron chi connectivity index (χ0n) is 10.1. The molecule has 0 spiro atoms. The molecule has 9 heteroatoms. The van der Waals surface area contributed by atoms with Crippen molar-refractivity contribution in [2.45, 2.75) is 12.1 Å². The van der Waals surface area contributed by atoms with Gasteiger partial charge < -0.3 is 9.72 Å². The minimum absolute atomic E-state index is 0.216. The molecule has 0 aliphatic heterocycles. The highest BCUT2D eigenvalue weighted by molar-refractivity contribution is 14.1. The van der Waals surface area contributed by atoms with Crippen LogP contribution in [-0.2, 0) is 9.53 Å². The van der Waals surface area contributed by atoms with Crippen LogP contribution in [0.4, 0.5) is 0 Å². The van der Waals surface area contributed by atoms with Crippen LogP contribution in [0.2, 0.25) is 0 Å². The first kappa shape index (κ1) is 17.8. The van der Waals surface area contributed by atoms with E-state index in [0.29, 0.717) is 6.61 Å². The van der Waals surface area contributed by atoms with Crippen molar-refractivity contribution in [2.24, 2.45) is 0 Å². The van der Waals surface area contributed by atoms with E-state index >= 15 is 0 Å². The average molecular weight is 740 g/mol. The molecule has 0 bridgehead atoms. The van der Waals surface area contributed by atoms with Crippen molar-refractivity contribution in [1.29, 1.82) is 0 Å². The Hall–Kier alpha value is 1.43. The summed E-state index contributed by atoms with van der Waals surface area (Å²) < 4.78 is 9.67. The Labute approximate surface area is 174 Å². The number of thioether (sulfide) groups is 1. The lowest BCUT2D eigenvalue weighted by atomic mass is 10.3. The summed E-state index contributed by atoms with van der Waals surface area (Å²) in [5.41, 5.74) is 2.00. The smallest absolute Gasteiger partial charge is 0.316 e. The molecule has 0 amide bonds. The summed E-state index contributed by atoms with van der Waals surface area (Å²) in [7, 11) is 0. The minimum Gasteiger partial charge on any atom is -0.465 e. The first-order valence-electron chi connectivity index (χ1n) is 5.45. The second kappa shape index (κ2) is 7.81. The van der Waals surface area contributed by atoms with Crippen LogP contribution in [0.3, 0.4) is 0 Å². The van der Waals surface area contributed by atoms with E-state index in [4.69, 9.17) is 4.74 Å². The first-order chi connectivity index (χ1) is 9.45. The predicted octanol–water partition coefficient (Wildman–Crippen LogP) is 4.64. The van der Waals surface area contributed by atoms with Crippen molar-refractivity contribution in [2.75, 3.05) is 12.4 Å². The first-order valence-corrected chi connectivity index (χ1v) is 10.8. The van der Waals surface area contributed by atoms with Gasteiger partial charge in [-0.15, -0.1) is 0 Å². The van der Waals surface area contributed by atoms with E-state index in [1.807, 2.05) is 0 Å². The predicted molar refractivity (Wildman–Crippen MR) is 114 cm³/mol. The number of aromatic amines is 1. The zero-order valence-corrected chi connectivity index (χ0v) is 19.5. The van der Waals surface area contributed by atoms with Crippen molar-refractivity contribution in [1.82, 2.24) is 9.97 Å². The molecule has 0 unspecified atom stereocenters. The number of ether oxygens (including phenoxy) is 1. The molecule has 0 atom stereocenters. The van der Waals surface area contributed by atoms with Gasteiger partial charge in [-0.2, -0.15) is 0 Å². The van der Waals surface area contributed by atoms with Crippen LogP contribution < -0.4 is 0 Å². The Morgan fingerprint density at radius 3 is 2.50 bits per heavy atom. The minimum atomic E-state index is -0.216. The summed E-state index contributed by atoms with van der Waals surface area (Å²) in [4.78, 5) is 19.3. The number of rotatable bonds is 4. The van der Waals surface area contributed by atoms with Gasteiger partial charge in [0, 0.05) is 7.14 Å². The van der Waals surface area contributed by atoms with Crippen molar-refractivity contribution >= 4 is 119 Å². The molecule has 1 N–H and O–H groups in total. The van der Waals surface area contributed by atoms with E-state index < -0.39 is 0 Å². The molecular weight excluding hydrogens is 732 g/mol. The SMILES string of the molecule is CCOC(=O)CSc1nc2c(I)c(I)c(I)c(I)c2[nH]1. The molecule has 0 aliphatic rings. The number of fused-ring (bicyclic) bond motifs is 1. The maximum absolute atomic E-state index is 11.4. The molecule has 2 aromatic rings. The summed E-state index contributed by atoms with van der Waals surface area (Å²) in [6.07, 6.45) is 0.